The van der Waals surface area contributed by atoms with Crippen molar-refractivity contribution in [3.8, 4) is 11.5 Å². The van der Waals surface area contributed by atoms with Crippen LogP contribution in [-0.4, -0.2) is 15.4 Å². The molecule has 0 spiro atoms. The zero-order valence-corrected chi connectivity index (χ0v) is 9.41. The third kappa shape index (κ3) is 2.22. The van der Waals surface area contributed by atoms with Crippen molar-refractivity contribution in [3.63, 3.8) is 0 Å². The van der Waals surface area contributed by atoms with Crippen molar-refractivity contribution in [2.75, 3.05) is 5.32 Å². The first-order valence-corrected chi connectivity index (χ1v) is 5.44. The Labute approximate surface area is 103 Å². The number of nitrogens with zero attached hydrogens (tertiary/aromatic N) is 3. The molecular weight excluding hydrogens is 232 g/mol. The Hall–Kier alpha value is -2.63. The van der Waals surface area contributed by atoms with Crippen LogP contribution in [0.2, 0.25) is 0 Å². The highest BCUT2D eigenvalue weighted by atomic mass is 16.5. The molecule has 6 heteroatoms. The van der Waals surface area contributed by atoms with Crippen LogP contribution in [0.15, 0.2) is 51.6 Å². The van der Waals surface area contributed by atoms with Gasteiger partial charge in [0, 0.05) is 11.6 Å². The van der Waals surface area contributed by atoms with Crippen LogP contribution in [0.5, 0.6) is 0 Å². The van der Waals surface area contributed by atoms with Crippen LogP contribution in [0.3, 0.4) is 0 Å². The monoisotopic (exact) mass is 242 g/mol. The number of anilines is 1. The lowest BCUT2D eigenvalue weighted by Gasteiger charge is -1.96. The van der Waals surface area contributed by atoms with Crippen molar-refractivity contribution >= 4 is 5.82 Å². The summed E-state index contributed by atoms with van der Waals surface area (Å²) in [7, 11) is 0. The SMILES string of the molecule is c1ccc(-c2nnc(CNc3ccon3)o2)cc1. The molecular formula is C12H10N4O2. The number of nitrogens with one attached hydrogen (secondary N) is 1. The van der Waals surface area contributed by atoms with Gasteiger partial charge in [-0.1, -0.05) is 23.4 Å². The van der Waals surface area contributed by atoms with E-state index in [0.717, 1.165) is 5.56 Å². The van der Waals surface area contributed by atoms with Crippen LogP contribution in [0.25, 0.3) is 11.5 Å². The van der Waals surface area contributed by atoms with Crippen molar-refractivity contribution < 1.29 is 8.94 Å². The molecule has 0 unspecified atom stereocenters. The summed E-state index contributed by atoms with van der Waals surface area (Å²) in [4.78, 5) is 0. The maximum absolute atomic E-state index is 5.52. The Balaban J connectivity index is 1.70. The van der Waals surface area contributed by atoms with Gasteiger partial charge in [-0.15, -0.1) is 10.2 Å². The summed E-state index contributed by atoms with van der Waals surface area (Å²) < 4.78 is 10.2. The summed E-state index contributed by atoms with van der Waals surface area (Å²) in [6.07, 6.45) is 1.49. The summed E-state index contributed by atoms with van der Waals surface area (Å²) in [5.41, 5.74) is 0.901. The maximum atomic E-state index is 5.52. The second-order valence-corrected chi connectivity index (χ2v) is 3.61. The molecule has 2 heterocycles. The van der Waals surface area contributed by atoms with Gasteiger partial charge >= 0.3 is 0 Å². The number of aromatic nitrogens is 3. The Morgan fingerprint density at radius 1 is 1.06 bits per heavy atom. The average molecular weight is 242 g/mol. The lowest BCUT2D eigenvalue weighted by atomic mass is 10.2. The predicted molar refractivity (Wildman–Crippen MR) is 63.6 cm³/mol. The minimum absolute atomic E-state index is 0.409. The second kappa shape index (κ2) is 4.70. The molecule has 3 aromatic rings. The van der Waals surface area contributed by atoms with Gasteiger partial charge in [-0.3, -0.25) is 0 Å². The van der Waals surface area contributed by atoms with Gasteiger partial charge in [-0.2, -0.15) is 0 Å². The average Bonchev–Trinajstić information content (AvgIpc) is 3.09. The van der Waals surface area contributed by atoms with E-state index in [1.54, 1.807) is 6.07 Å². The highest BCUT2D eigenvalue weighted by Gasteiger charge is 2.08. The molecule has 0 bridgehead atoms. The fourth-order valence-electron chi connectivity index (χ4n) is 1.49. The van der Waals surface area contributed by atoms with Crippen molar-refractivity contribution in [1.82, 2.24) is 15.4 Å². The van der Waals surface area contributed by atoms with E-state index in [1.165, 1.54) is 6.26 Å². The van der Waals surface area contributed by atoms with Crippen LogP contribution < -0.4 is 5.32 Å². The highest BCUT2D eigenvalue weighted by molar-refractivity contribution is 5.51. The Kier molecular flexibility index (Phi) is 2.75. The molecule has 18 heavy (non-hydrogen) atoms. The second-order valence-electron chi connectivity index (χ2n) is 3.61. The van der Waals surface area contributed by atoms with Crippen LogP contribution in [-0.2, 0) is 6.54 Å². The van der Waals surface area contributed by atoms with E-state index in [4.69, 9.17) is 8.94 Å². The number of hydrogen-bond donors (Lipinski definition) is 1. The van der Waals surface area contributed by atoms with Gasteiger partial charge in [0.05, 0.1) is 6.54 Å². The molecule has 0 aliphatic heterocycles. The first kappa shape index (κ1) is 10.5. The molecule has 2 aromatic heterocycles. The fourth-order valence-corrected chi connectivity index (χ4v) is 1.49. The summed E-state index contributed by atoms with van der Waals surface area (Å²) in [6, 6.07) is 11.3. The quantitative estimate of drug-likeness (QED) is 0.756. The molecule has 1 aromatic carbocycles. The third-order valence-electron chi connectivity index (χ3n) is 2.35. The zero-order chi connectivity index (χ0) is 12.2. The molecule has 3 rings (SSSR count). The standard InChI is InChI=1S/C12H10N4O2/c1-2-4-9(5-3-1)12-15-14-11(18-12)8-13-10-6-7-17-16-10/h1-7H,8H2,(H,13,16). The van der Waals surface area contributed by atoms with Gasteiger partial charge in [0.1, 0.15) is 6.26 Å². The van der Waals surface area contributed by atoms with Crippen LogP contribution in [0.1, 0.15) is 5.89 Å². The fraction of sp³-hybridized carbons (Fsp3) is 0.0833. The molecule has 0 saturated carbocycles. The number of benzene rings is 1. The molecule has 90 valence electrons. The van der Waals surface area contributed by atoms with E-state index in [1.807, 2.05) is 30.3 Å². The Morgan fingerprint density at radius 2 is 1.94 bits per heavy atom. The van der Waals surface area contributed by atoms with Crippen molar-refractivity contribution in [2.45, 2.75) is 6.54 Å². The molecule has 0 fully saturated rings. The first-order chi connectivity index (χ1) is 8.92. The summed E-state index contributed by atoms with van der Waals surface area (Å²) in [5.74, 6) is 1.64. The number of rotatable bonds is 4. The van der Waals surface area contributed by atoms with Gasteiger partial charge < -0.3 is 14.3 Å². The third-order valence-corrected chi connectivity index (χ3v) is 2.35. The van der Waals surface area contributed by atoms with E-state index >= 15 is 0 Å². The van der Waals surface area contributed by atoms with Crippen molar-refractivity contribution in [2.24, 2.45) is 0 Å². The molecule has 0 aliphatic carbocycles. The minimum Gasteiger partial charge on any atom is -0.419 e. The molecule has 0 aliphatic rings. The van der Waals surface area contributed by atoms with Gasteiger partial charge in [-0.25, -0.2) is 0 Å². The van der Waals surface area contributed by atoms with E-state index in [2.05, 4.69) is 20.7 Å². The first-order valence-electron chi connectivity index (χ1n) is 5.44. The zero-order valence-electron chi connectivity index (χ0n) is 9.41. The van der Waals surface area contributed by atoms with Gasteiger partial charge in [0.2, 0.25) is 11.8 Å². The Morgan fingerprint density at radius 3 is 2.72 bits per heavy atom. The van der Waals surface area contributed by atoms with E-state index in [-0.39, 0.29) is 0 Å². The molecule has 6 nitrogen and oxygen atoms in total. The van der Waals surface area contributed by atoms with Crippen molar-refractivity contribution in [1.29, 1.82) is 0 Å². The molecule has 1 N–H and O–H groups in total. The number of hydrogen-bond acceptors (Lipinski definition) is 6. The van der Waals surface area contributed by atoms with E-state index in [9.17, 15) is 0 Å². The van der Waals surface area contributed by atoms with E-state index < -0.39 is 0 Å². The topological polar surface area (TPSA) is 77.0 Å². The largest absolute Gasteiger partial charge is 0.419 e. The minimum atomic E-state index is 0.409. The summed E-state index contributed by atoms with van der Waals surface area (Å²) in [5, 5.41) is 14.7. The highest BCUT2D eigenvalue weighted by Crippen LogP contribution is 2.17. The molecule has 0 radical (unpaired) electrons. The van der Waals surface area contributed by atoms with Gasteiger partial charge in [0.25, 0.3) is 0 Å². The Bertz CT molecular complexity index is 604. The van der Waals surface area contributed by atoms with Gasteiger partial charge in [0.15, 0.2) is 5.82 Å². The molecule has 0 amide bonds. The summed E-state index contributed by atoms with van der Waals surface area (Å²) in [6.45, 7) is 0.409. The van der Waals surface area contributed by atoms with Crippen LogP contribution in [0, 0.1) is 0 Å². The van der Waals surface area contributed by atoms with Gasteiger partial charge in [-0.05, 0) is 12.1 Å². The lowest BCUT2D eigenvalue weighted by molar-refractivity contribution is 0.421. The lowest BCUT2D eigenvalue weighted by Crippen LogP contribution is -1.99. The van der Waals surface area contributed by atoms with Crippen LogP contribution >= 0.6 is 0 Å². The molecule has 0 saturated heterocycles. The van der Waals surface area contributed by atoms with E-state index in [0.29, 0.717) is 24.1 Å². The molecule has 0 atom stereocenters. The smallest absolute Gasteiger partial charge is 0.247 e. The van der Waals surface area contributed by atoms with Crippen LogP contribution in [0.4, 0.5) is 5.82 Å². The predicted octanol–water partition coefficient (Wildman–Crippen LogP) is 2.34. The summed E-state index contributed by atoms with van der Waals surface area (Å²) >= 11 is 0. The normalized spacial score (nSPS) is 10.4. The maximum Gasteiger partial charge on any atom is 0.247 e. The van der Waals surface area contributed by atoms with Crippen molar-refractivity contribution in [3.05, 3.63) is 48.6 Å².